The first-order valence-electron chi connectivity index (χ1n) is 8.34. The first kappa shape index (κ1) is 17.4. The van der Waals surface area contributed by atoms with Gasteiger partial charge >= 0.3 is 0 Å². The van der Waals surface area contributed by atoms with Crippen LogP contribution in [-0.2, 0) is 9.47 Å². The highest BCUT2D eigenvalue weighted by molar-refractivity contribution is 7.75. The Morgan fingerprint density at radius 3 is 1.58 bits per heavy atom. The van der Waals surface area contributed by atoms with E-state index < -0.39 is 7.26 Å². The Balaban J connectivity index is 2.61. The summed E-state index contributed by atoms with van der Waals surface area (Å²) in [7, 11) is -0.845. The number of ether oxygens (including phenoxy) is 2. The lowest BCUT2D eigenvalue weighted by atomic mass is 10.4. The zero-order valence-electron chi connectivity index (χ0n) is 13.3. The Kier molecular flexibility index (Phi) is 9.28. The smallest absolute Gasteiger partial charge is 0.191 e. The second-order valence-corrected chi connectivity index (χ2v) is 10.3. The highest BCUT2D eigenvalue weighted by Crippen LogP contribution is 2.61. The van der Waals surface area contributed by atoms with Gasteiger partial charge in [0.05, 0.1) is 31.7 Å². The van der Waals surface area contributed by atoms with Crippen molar-refractivity contribution in [3.8, 4) is 0 Å². The van der Waals surface area contributed by atoms with E-state index in [1.807, 2.05) is 0 Å². The molecule has 0 amide bonds. The van der Waals surface area contributed by atoms with Gasteiger partial charge in [-0.1, -0.05) is 40.0 Å². The summed E-state index contributed by atoms with van der Waals surface area (Å²) in [5.41, 5.74) is 0. The molecule has 1 rings (SSSR count). The maximum Gasteiger partial charge on any atom is 0.191 e. The third-order valence-corrected chi connectivity index (χ3v) is 9.05. The molecule has 0 spiro atoms. The van der Waals surface area contributed by atoms with E-state index in [0.29, 0.717) is 0 Å². The molecule has 1 saturated heterocycles. The topological polar surface area (TPSA) is 18.5 Å². The van der Waals surface area contributed by atoms with Crippen molar-refractivity contribution in [2.24, 2.45) is 0 Å². The third kappa shape index (κ3) is 6.56. The van der Waals surface area contributed by atoms with Crippen LogP contribution in [0.3, 0.4) is 0 Å². The molecule has 0 saturated carbocycles. The van der Waals surface area contributed by atoms with Gasteiger partial charge in [-0.25, -0.2) is 0 Å². The summed E-state index contributed by atoms with van der Waals surface area (Å²) in [6, 6.07) is 0. The number of unbranched alkanes of at least 4 members (excludes halogenated alkanes) is 3. The molecule has 1 heterocycles. The highest BCUT2D eigenvalue weighted by Gasteiger charge is 2.39. The fourth-order valence-electron chi connectivity index (χ4n) is 2.92. The fraction of sp³-hybridized carbons (Fsp3) is 1.00. The molecule has 0 N–H and O–H groups in total. The second kappa shape index (κ2) is 10.1. The lowest BCUT2D eigenvalue weighted by molar-refractivity contribution is -0.0227. The molecule has 1 aliphatic rings. The molecule has 0 aromatic carbocycles. The van der Waals surface area contributed by atoms with Crippen LogP contribution in [0, 0.1) is 0 Å². The van der Waals surface area contributed by atoms with Crippen LogP contribution in [-0.4, -0.2) is 44.2 Å². The largest absolute Gasteiger partial charge is 0.347 e. The second-order valence-electron chi connectivity index (χ2n) is 5.93. The minimum atomic E-state index is -0.845. The van der Waals surface area contributed by atoms with Crippen molar-refractivity contribution >= 4 is 7.26 Å². The SMILES string of the molecule is CCCC[P+](CCCC)(CCCC)CC1OCCO1. The van der Waals surface area contributed by atoms with Crippen LogP contribution >= 0.6 is 7.26 Å². The van der Waals surface area contributed by atoms with Gasteiger partial charge in [-0.3, -0.25) is 0 Å². The summed E-state index contributed by atoms with van der Waals surface area (Å²) in [5, 5.41) is 0. The molecule has 19 heavy (non-hydrogen) atoms. The van der Waals surface area contributed by atoms with Crippen molar-refractivity contribution in [1.29, 1.82) is 0 Å². The molecule has 2 nitrogen and oxygen atoms in total. The molecule has 1 fully saturated rings. The predicted octanol–water partition coefficient (Wildman–Crippen LogP) is 4.78. The molecule has 3 heteroatoms. The van der Waals surface area contributed by atoms with Crippen molar-refractivity contribution in [3.05, 3.63) is 0 Å². The Morgan fingerprint density at radius 1 is 0.789 bits per heavy atom. The Bertz CT molecular complexity index is 193. The zero-order chi connectivity index (χ0) is 14.0. The summed E-state index contributed by atoms with van der Waals surface area (Å²) in [5.74, 6) is 0. The minimum absolute atomic E-state index is 0.124. The van der Waals surface area contributed by atoms with E-state index in [2.05, 4.69) is 20.8 Å². The fourth-order valence-corrected chi connectivity index (χ4v) is 7.94. The molecule has 1 aliphatic heterocycles. The quantitative estimate of drug-likeness (QED) is 0.510. The predicted molar refractivity (Wildman–Crippen MR) is 86.8 cm³/mol. The molecular weight excluding hydrogens is 255 g/mol. The summed E-state index contributed by atoms with van der Waals surface area (Å²) in [4.78, 5) is 0. The van der Waals surface area contributed by atoms with Crippen molar-refractivity contribution in [1.82, 2.24) is 0 Å². The number of hydrogen-bond donors (Lipinski definition) is 0. The standard InChI is InChI=1S/C16H34O2P/c1-4-7-12-19(13-8-5-2,14-9-6-3)15-16-17-10-11-18-16/h16H,4-15H2,1-3H3/q+1. The van der Waals surface area contributed by atoms with Gasteiger partial charge in [-0.15, -0.1) is 0 Å². The minimum Gasteiger partial charge on any atom is -0.347 e. The Hall–Kier alpha value is 0.350. The van der Waals surface area contributed by atoms with Gasteiger partial charge in [-0.05, 0) is 19.3 Å². The van der Waals surface area contributed by atoms with Crippen LogP contribution in [0.25, 0.3) is 0 Å². The zero-order valence-corrected chi connectivity index (χ0v) is 14.2. The van der Waals surface area contributed by atoms with Crippen molar-refractivity contribution in [3.63, 3.8) is 0 Å². The van der Waals surface area contributed by atoms with E-state index in [1.165, 1.54) is 63.2 Å². The first-order valence-corrected chi connectivity index (χ1v) is 10.9. The number of rotatable bonds is 11. The van der Waals surface area contributed by atoms with Crippen LogP contribution < -0.4 is 0 Å². The molecule has 0 radical (unpaired) electrons. The molecule has 0 aliphatic carbocycles. The van der Waals surface area contributed by atoms with E-state index in [1.54, 1.807) is 0 Å². The highest BCUT2D eigenvalue weighted by atomic mass is 31.2. The van der Waals surface area contributed by atoms with Crippen molar-refractivity contribution < 1.29 is 9.47 Å². The van der Waals surface area contributed by atoms with Crippen LogP contribution in [0.15, 0.2) is 0 Å². The van der Waals surface area contributed by atoms with Crippen LogP contribution in [0.5, 0.6) is 0 Å². The Morgan fingerprint density at radius 2 is 1.21 bits per heavy atom. The van der Waals surface area contributed by atoms with Gasteiger partial charge in [0.2, 0.25) is 0 Å². The normalized spacial score (nSPS) is 17.2. The van der Waals surface area contributed by atoms with Gasteiger partial charge in [-0.2, -0.15) is 0 Å². The maximum absolute atomic E-state index is 5.75. The summed E-state index contributed by atoms with van der Waals surface area (Å²) in [6.07, 6.45) is 13.9. The summed E-state index contributed by atoms with van der Waals surface area (Å²) < 4.78 is 11.5. The monoisotopic (exact) mass is 289 g/mol. The molecule has 0 aromatic heterocycles. The molecular formula is C16H34O2P+. The van der Waals surface area contributed by atoms with E-state index in [0.717, 1.165) is 13.2 Å². The summed E-state index contributed by atoms with van der Waals surface area (Å²) in [6.45, 7) is 8.56. The van der Waals surface area contributed by atoms with E-state index in [9.17, 15) is 0 Å². The lowest BCUT2D eigenvalue weighted by Crippen LogP contribution is -2.22. The van der Waals surface area contributed by atoms with Crippen LogP contribution in [0.2, 0.25) is 0 Å². The van der Waals surface area contributed by atoms with E-state index >= 15 is 0 Å². The average Bonchev–Trinajstić information content (AvgIpc) is 2.93. The third-order valence-electron chi connectivity index (χ3n) is 4.19. The number of hydrogen-bond acceptors (Lipinski definition) is 2. The van der Waals surface area contributed by atoms with Crippen molar-refractivity contribution in [2.45, 2.75) is 65.6 Å². The average molecular weight is 289 g/mol. The van der Waals surface area contributed by atoms with Gasteiger partial charge in [0, 0.05) is 7.26 Å². The summed E-state index contributed by atoms with van der Waals surface area (Å²) >= 11 is 0. The molecule has 114 valence electrons. The van der Waals surface area contributed by atoms with E-state index in [-0.39, 0.29) is 6.29 Å². The molecule has 0 aromatic rings. The van der Waals surface area contributed by atoms with Gasteiger partial charge in [0.25, 0.3) is 0 Å². The van der Waals surface area contributed by atoms with Gasteiger partial charge < -0.3 is 9.47 Å². The molecule has 0 atom stereocenters. The molecule has 0 unspecified atom stereocenters. The van der Waals surface area contributed by atoms with E-state index in [4.69, 9.17) is 9.47 Å². The first-order chi connectivity index (χ1) is 9.26. The Labute approximate surface area is 121 Å². The maximum atomic E-state index is 5.75. The van der Waals surface area contributed by atoms with Crippen LogP contribution in [0.4, 0.5) is 0 Å². The van der Waals surface area contributed by atoms with Crippen molar-refractivity contribution in [2.75, 3.05) is 37.9 Å². The van der Waals surface area contributed by atoms with Gasteiger partial charge in [0.15, 0.2) is 6.29 Å². The van der Waals surface area contributed by atoms with Crippen LogP contribution in [0.1, 0.15) is 59.3 Å². The molecule has 0 bridgehead atoms. The lowest BCUT2D eigenvalue weighted by Gasteiger charge is -2.29. The van der Waals surface area contributed by atoms with Gasteiger partial charge in [0.1, 0.15) is 6.16 Å².